The molecule has 0 radical (unpaired) electrons. The van der Waals surface area contributed by atoms with Crippen molar-refractivity contribution in [1.29, 1.82) is 0 Å². The summed E-state index contributed by atoms with van der Waals surface area (Å²) in [7, 11) is 0. The second-order valence-electron chi connectivity index (χ2n) is 7.94. The zero-order valence-corrected chi connectivity index (χ0v) is 18.3. The summed E-state index contributed by atoms with van der Waals surface area (Å²) < 4.78 is 13.4. The van der Waals surface area contributed by atoms with Crippen LogP contribution in [0, 0.1) is 10.7 Å². The van der Waals surface area contributed by atoms with Crippen LogP contribution in [0.3, 0.4) is 0 Å². The number of likely N-dealkylation sites (tertiary alicyclic amines) is 1. The molecule has 1 aromatic heterocycles. The van der Waals surface area contributed by atoms with Gasteiger partial charge < -0.3 is 19.4 Å². The van der Waals surface area contributed by atoms with Crippen molar-refractivity contribution in [1.82, 2.24) is 14.5 Å². The van der Waals surface area contributed by atoms with Crippen LogP contribution in [-0.4, -0.2) is 52.4 Å². The number of benzene rings is 2. The van der Waals surface area contributed by atoms with Gasteiger partial charge in [-0.25, -0.2) is 0 Å². The number of aromatic amines is 1. The summed E-state index contributed by atoms with van der Waals surface area (Å²) in [5.74, 6) is 1.16. The summed E-state index contributed by atoms with van der Waals surface area (Å²) in [5.41, 5.74) is 1.96. The number of para-hydroxylation sites is 1. The fourth-order valence-electron chi connectivity index (χ4n) is 4.30. The highest BCUT2D eigenvalue weighted by molar-refractivity contribution is 7.71. The summed E-state index contributed by atoms with van der Waals surface area (Å²) >= 11 is 5.40. The lowest BCUT2D eigenvalue weighted by Crippen LogP contribution is -2.41. The number of H-pyrrole nitrogens is 1. The molecule has 1 saturated heterocycles. The fraction of sp³-hybridized carbons (Fsp3) is 0.292. The van der Waals surface area contributed by atoms with E-state index in [-0.39, 0.29) is 17.6 Å². The molecule has 1 N–H and O–H groups in total. The highest BCUT2D eigenvalue weighted by Crippen LogP contribution is 2.32. The van der Waals surface area contributed by atoms with Crippen molar-refractivity contribution in [2.45, 2.75) is 12.8 Å². The Bertz CT molecular complexity index is 1210. The number of ketones is 1. The molecule has 2 aliphatic rings. The van der Waals surface area contributed by atoms with Crippen molar-refractivity contribution >= 4 is 23.9 Å². The minimum atomic E-state index is -0.122. The number of rotatable bonds is 4. The molecule has 3 heterocycles. The van der Waals surface area contributed by atoms with Gasteiger partial charge in [-0.15, -0.1) is 0 Å². The van der Waals surface area contributed by atoms with E-state index >= 15 is 0 Å². The second kappa shape index (κ2) is 8.63. The Morgan fingerprint density at radius 2 is 1.69 bits per heavy atom. The average Bonchev–Trinajstić information content (AvgIpc) is 3.24. The third-order valence-corrected chi connectivity index (χ3v) is 6.29. The van der Waals surface area contributed by atoms with Crippen molar-refractivity contribution < 1.29 is 19.1 Å². The van der Waals surface area contributed by atoms with Crippen molar-refractivity contribution in [3.8, 4) is 17.2 Å². The first-order chi connectivity index (χ1) is 15.6. The summed E-state index contributed by atoms with van der Waals surface area (Å²) in [5, 5.41) is 0. The Kier molecular flexibility index (Phi) is 5.53. The van der Waals surface area contributed by atoms with Crippen molar-refractivity contribution in [3.05, 3.63) is 70.8 Å². The molecule has 7 nitrogen and oxygen atoms in total. The lowest BCUT2D eigenvalue weighted by atomic mass is 9.88. The normalized spacial score (nSPS) is 16.1. The quantitative estimate of drug-likeness (QED) is 0.481. The number of nitrogens with zero attached hydrogens (tertiary/aromatic N) is 2. The molecule has 0 spiro atoms. The van der Waals surface area contributed by atoms with E-state index in [9.17, 15) is 9.59 Å². The number of amides is 1. The number of aromatic nitrogens is 2. The van der Waals surface area contributed by atoms with E-state index in [1.165, 1.54) is 0 Å². The molecule has 1 amide bonds. The van der Waals surface area contributed by atoms with E-state index in [0.717, 1.165) is 5.69 Å². The van der Waals surface area contributed by atoms with Crippen LogP contribution in [0.4, 0.5) is 0 Å². The van der Waals surface area contributed by atoms with Gasteiger partial charge >= 0.3 is 0 Å². The number of nitrogens with one attached hydrogen (secondary N) is 1. The molecule has 1 fully saturated rings. The number of Topliss-reactive ketones (excluding diaryl/α,β-unsaturated/α-hetero) is 1. The summed E-state index contributed by atoms with van der Waals surface area (Å²) in [4.78, 5) is 31.1. The Labute approximate surface area is 190 Å². The summed E-state index contributed by atoms with van der Waals surface area (Å²) in [6, 6.07) is 14.9. The van der Waals surface area contributed by atoms with Crippen LogP contribution in [0.15, 0.2) is 54.7 Å². The molecule has 2 aromatic carbocycles. The average molecular weight is 450 g/mol. The van der Waals surface area contributed by atoms with Crippen LogP contribution >= 0.6 is 12.2 Å². The standard InChI is InChI=1S/C24H23N3O4S/c28-22(17-6-7-20-21(14-17)31-13-12-30-20)16-8-10-26(11-9-16)23(29)19-15-25-24(32)27(19)18-4-2-1-3-5-18/h1-7,14-16H,8-13H2,(H,25,32). The first kappa shape index (κ1) is 20.5. The first-order valence-corrected chi connectivity index (χ1v) is 11.1. The van der Waals surface area contributed by atoms with Gasteiger partial charge in [0.2, 0.25) is 0 Å². The second-order valence-corrected chi connectivity index (χ2v) is 8.33. The van der Waals surface area contributed by atoms with Crippen LogP contribution in [0.25, 0.3) is 5.69 Å². The number of hydrogen-bond donors (Lipinski definition) is 1. The Hall–Kier alpha value is -3.39. The Morgan fingerprint density at radius 3 is 2.44 bits per heavy atom. The summed E-state index contributed by atoms with van der Waals surface area (Å²) in [6.07, 6.45) is 2.90. The van der Waals surface area contributed by atoms with Crippen LogP contribution in [0.1, 0.15) is 33.7 Å². The minimum Gasteiger partial charge on any atom is -0.486 e. The number of hydrogen-bond acceptors (Lipinski definition) is 5. The molecule has 0 aliphatic carbocycles. The van der Waals surface area contributed by atoms with Crippen molar-refractivity contribution in [3.63, 3.8) is 0 Å². The number of imidazole rings is 1. The molecule has 0 atom stereocenters. The first-order valence-electron chi connectivity index (χ1n) is 10.7. The highest BCUT2D eigenvalue weighted by Gasteiger charge is 2.30. The van der Waals surface area contributed by atoms with Crippen LogP contribution in [0.2, 0.25) is 0 Å². The maximum absolute atomic E-state index is 13.2. The van der Waals surface area contributed by atoms with Gasteiger partial charge in [0, 0.05) is 36.5 Å². The lowest BCUT2D eigenvalue weighted by molar-refractivity contribution is 0.0643. The van der Waals surface area contributed by atoms with E-state index in [1.807, 2.05) is 30.3 Å². The molecule has 164 valence electrons. The van der Waals surface area contributed by atoms with Crippen molar-refractivity contribution in [2.24, 2.45) is 5.92 Å². The zero-order valence-electron chi connectivity index (χ0n) is 17.5. The summed E-state index contributed by atoms with van der Waals surface area (Å²) in [6.45, 7) is 2.05. The van der Waals surface area contributed by atoms with Crippen LogP contribution in [-0.2, 0) is 0 Å². The lowest BCUT2D eigenvalue weighted by Gasteiger charge is -2.31. The van der Waals surface area contributed by atoms with Gasteiger partial charge in [-0.1, -0.05) is 18.2 Å². The van der Waals surface area contributed by atoms with Gasteiger partial charge in [0.25, 0.3) is 5.91 Å². The van der Waals surface area contributed by atoms with Gasteiger partial charge in [0.05, 0.1) is 0 Å². The number of piperidine rings is 1. The SMILES string of the molecule is O=C(c1ccc2c(c1)OCCO2)C1CCN(C(=O)c2c[nH]c(=S)n2-c2ccccc2)CC1. The smallest absolute Gasteiger partial charge is 0.272 e. The predicted molar refractivity (Wildman–Crippen MR) is 121 cm³/mol. The van der Waals surface area contributed by atoms with E-state index < -0.39 is 0 Å². The molecule has 3 aromatic rings. The largest absolute Gasteiger partial charge is 0.486 e. The van der Waals surface area contributed by atoms with E-state index in [0.29, 0.717) is 66.7 Å². The Morgan fingerprint density at radius 1 is 0.969 bits per heavy atom. The molecule has 5 rings (SSSR count). The third-order valence-electron chi connectivity index (χ3n) is 5.99. The van der Waals surface area contributed by atoms with E-state index in [2.05, 4.69) is 4.98 Å². The topological polar surface area (TPSA) is 76.6 Å². The fourth-order valence-corrected chi connectivity index (χ4v) is 4.56. The van der Waals surface area contributed by atoms with E-state index in [1.54, 1.807) is 33.9 Å². The molecule has 8 heteroatoms. The number of carbonyl (C=O) groups is 2. The molecule has 0 bridgehead atoms. The van der Waals surface area contributed by atoms with Gasteiger partial charge in [0.15, 0.2) is 22.1 Å². The molecule has 0 saturated carbocycles. The third kappa shape index (κ3) is 3.82. The minimum absolute atomic E-state index is 0.0860. The number of ether oxygens (including phenoxy) is 2. The van der Waals surface area contributed by atoms with Crippen LogP contribution in [0.5, 0.6) is 11.5 Å². The van der Waals surface area contributed by atoms with Crippen LogP contribution < -0.4 is 9.47 Å². The maximum Gasteiger partial charge on any atom is 0.272 e. The number of fused-ring (bicyclic) bond motifs is 1. The Balaban J connectivity index is 1.28. The molecule has 2 aliphatic heterocycles. The van der Waals surface area contributed by atoms with Gasteiger partial charge in [-0.05, 0) is 55.4 Å². The molecule has 0 unspecified atom stereocenters. The van der Waals surface area contributed by atoms with Gasteiger partial charge in [-0.2, -0.15) is 0 Å². The van der Waals surface area contributed by atoms with E-state index in [4.69, 9.17) is 21.7 Å². The van der Waals surface area contributed by atoms with Crippen molar-refractivity contribution in [2.75, 3.05) is 26.3 Å². The van der Waals surface area contributed by atoms with Gasteiger partial charge in [0.1, 0.15) is 18.9 Å². The maximum atomic E-state index is 13.2. The molecular formula is C24H23N3O4S. The highest BCUT2D eigenvalue weighted by atomic mass is 32.1. The molecular weight excluding hydrogens is 426 g/mol. The predicted octanol–water partition coefficient (Wildman–Crippen LogP) is 4.04. The zero-order chi connectivity index (χ0) is 22.1. The molecule has 32 heavy (non-hydrogen) atoms. The van der Waals surface area contributed by atoms with Gasteiger partial charge in [-0.3, -0.25) is 14.2 Å². The number of carbonyl (C=O) groups excluding carboxylic acids is 2. The monoisotopic (exact) mass is 449 g/mol.